The average molecular weight is 409 g/mol. The Balaban J connectivity index is 1.61. The second-order valence-corrected chi connectivity index (χ2v) is 9.04. The zero-order valence-corrected chi connectivity index (χ0v) is 18.5. The summed E-state index contributed by atoms with van der Waals surface area (Å²) in [4.78, 5) is 0. The highest BCUT2D eigenvalue weighted by atomic mass is 19.1. The van der Waals surface area contributed by atoms with E-state index in [2.05, 4.69) is 50.0 Å². The number of hydrogen-bond donors (Lipinski definition) is 0. The topological polar surface area (TPSA) is 44.9 Å². The predicted molar refractivity (Wildman–Crippen MR) is 119 cm³/mol. The van der Waals surface area contributed by atoms with Crippen LogP contribution >= 0.6 is 0 Å². The second kappa shape index (κ2) is 7.42. The number of aromatic nitrogens is 4. The van der Waals surface area contributed by atoms with Crippen molar-refractivity contribution >= 4 is 21.8 Å². The van der Waals surface area contributed by atoms with Gasteiger partial charge in [-0.1, -0.05) is 27.7 Å². The molecule has 0 N–H and O–H groups in total. The van der Waals surface area contributed by atoms with Gasteiger partial charge >= 0.3 is 0 Å². The van der Waals surface area contributed by atoms with Gasteiger partial charge in [-0.3, -0.25) is 9.36 Å². The van der Waals surface area contributed by atoms with E-state index >= 15 is 0 Å². The lowest BCUT2D eigenvalue weighted by molar-refractivity contribution is 0.405. The normalized spacial score (nSPS) is 12.4. The van der Waals surface area contributed by atoms with Crippen LogP contribution in [0.2, 0.25) is 0 Å². The number of rotatable bonds is 6. The van der Waals surface area contributed by atoms with Crippen LogP contribution in [0.25, 0.3) is 21.8 Å². The highest BCUT2D eigenvalue weighted by Crippen LogP contribution is 2.35. The molecule has 0 spiro atoms. The highest BCUT2D eigenvalue weighted by Gasteiger charge is 2.23. The number of aryl methyl sites for hydroxylation is 2. The molecule has 0 atom stereocenters. The molecule has 0 unspecified atom stereocenters. The quantitative estimate of drug-likeness (QED) is 0.419. The van der Waals surface area contributed by atoms with E-state index in [-0.39, 0.29) is 17.2 Å². The Bertz CT molecular complexity index is 1220. The van der Waals surface area contributed by atoms with Crippen LogP contribution in [-0.4, -0.2) is 26.7 Å². The first kappa shape index (κ1) is 20.4. The van der Waals surface area contributed by atoms with Crippen LogP contribution in [0.4, 0.5) is 4.39 Å². The zero-order chi connectivity index (χ0) is 21.6. The zero-order valence-electron chi connectivity index (χ0n) is 18.5. The SMILES string of the molecule is COc1cc(C(C)(C)CCn2cc3cc(C(C)C)cc(F)c3n2)cc2cn(C)nc12. The Labute approximate surface area is 176 Å². The van der Waals surface area contributed by atoms with Gasteiger partial charge < -0.3 is 4.74 Å². The lowest BCUT2D eigenvalue weighted by Gasteiger charge is -2.26. The molecule has 0 aliphatic rings. The van der Waals surface area contributed by atoms with Crippen molar-refractivity contribution in [3.63, 3.8) is 0 Å². The van der Waals surface area contributed by atoms with Crippen molar-refractivity contribution in [2.45, 2.75) is 52.0 Å². The average Bonchev–Trinajstić information content (AvgIpc) is 3.28. The van der Waals surface area contributed by atoms with E-state index < -0.39 is 0 Å². The highest BCUT2D eigenvalue weighted by molar-refractivity contribution is 5.85. The van der Waals surface area contributed by atoms with Crippen LogP contribution in [-0.2, 0) is 19.0 Å². The molecular weight excluding hydrogens is 379 g/mol. The molecule has 30 heavy (non-hydrogen) atoms. The fourth-order valence-electron chi connectivity index (χ4n) is 3.92. The number of fused-ring (bicyclic) bond motifs is 2. The maximum atomic E-state index is 14.5. The second-order valence-electron chi connectivity index (χ2n) is 9.04. The molecule has 0 saturated carbocycles. The first-order valence-electron chi connectivity index (χ1n) is 10.4. The Kier molecular flexibility index (Phi) is 5.04. The van der Waals surface area contributed by atoms with Crippen molar-refractivity contribution in [1.29, 1.82) is 0 Å². The smallest absolute Gasteiger partial charge is 0.151 e. The molecule has 0 amide bonds. The number of methoxy groups -OCH3 is 1. The van der Waals surface area contributed by atoms with Gasteiger partial charge in [-0.15, -0.1) is 0 Å². The number of ether oxygens (including phenoxy) is 1. The first-order valence-corrected chi connectivity index (χ1v) is 10.4. The monoisotopic (exact) mass is 408 g/mol. The molecular formula is C24H29FN4O. The van der Waals surface area contributed by atoms with Gasteiger partial charge in [0.25, 0.3) is 0 Å². The van der Waals surface area contributed by atoms with Crippen molar-refractivity contribution in [3.8, 4) is 5.75 Å². The van der Waals surface area contributed by atoms with Gasteiger partial charge in [0.2, 0.25) is 0 Å². The fourth-order valence-corrected chi connectivity index (χ4v) is 3.92. The maximum absolute atomic E-state index is 14.5. The molecule has 2 heterocycles. The summed E-state index contributed by atoms with van der Waals surface area (Å²) in [5.41, 5.74) is 3.38. The van der Waals surface area contributed by atoms with Crippen molar-refractivity contribution in [2.75, 3.05) is 7.11 Å². The summed E-state index contributed by atoms with van der Waals surface area (Å²) >= 11 is 0. The van der Waals surface area contributed by atoms with E-state index in [9.17, 15) is 4.39 Å². The lowest BCUT2D eigenvalue weighted by Crippen LogP contribution is -2.20. The molecule has 2 aromatic heterocycles. The van der Waals surface area contributed by atoms with Crippen LogP contribution < -0.4 is 4.74 Å². The third-order valence-electron chi connectivity index (χ3n) is 5.95. The number of nitrogens with zero attached hydrogens (tertiary/aromatic N) is 4. The largest absolute Gasteiger partial charge is 0.494 e. The van der Waals surface area contributed by atoms with Gasteiger partial charge in [0.1, 0.15) is 16.8 Å². The van der Waals surface area contributed by atoms with Crippen LogP contribution in [0.5, 0.6) is 5.75 Å². The minimum atomic E-state index is -0.249. The standard InChI is InChI=1S/C24H29FN4O/c1-15(2)16-9-17-14-29(27-22(17)20(25)11-16)8-7-24(3,4)19-10-18-13-28(5)26-23(18)21(12-19)30-6/h9-15H,7-8H2,1-6H3. The first-order chi connectivity index (χ1) is 14.2. The van der Waals surface area contributed by atoms with Crippen LogP contribution in [0.15, 0.2) is 36.7 Å². The Morgan fingerprint density at radius 3 is 2.47 bits per heavy atom. The van der Waals surface area contributed by atoms with Gasteiger partial charge in [0.15, 0.2) is 5.82 Å². The summed E-state index contributed by atoms with van der Waals surface area (Å²) in [6.07, 6.45) is 4.81. The molecule has 0 aliphatic heterocycles. The van der Waals surface area contributed by atoms with Crippen molar-refractivity contribution < 1.29 is 9.13 Å². The third-order valence-corrected chi connectivity index (χ3v) is 5.95. The Morgan fingerprint density at radius 2 is 1.77 bits per heavy atom. The summed E-state index contributed by atoms with van der Waals surface area (Å²) < 4.78 is 23.7. The van der Waals surface area contributed by atoms with Crippen molar-refractivity contribution in [2.24, 2.45) is 7.05 Å². The van der Waals surface area contributed by atoms with E-state index in [1.54, 1.807) is 17.9 Å². The molecule has 5 nitrogen and oxygen atoms in total. The summed E-state index contributed by atoms with van der Waals surface area (Å²) in [7, 11) is 3.59. The number of hydrogen-bond acceptors (Lipinski definition) is 3. The van der Waals surface area contributed by atoms with Gasteiger partial charge in [-0.25, -0.2) is 4.39 Å². The van der Waals surface area contributed by atoms with Crippen molar-refractivity contribution in [1.82, 2.24) is 19.6 Å². The molecule has 0 fully saturated rings. The molecule has 0 radical (unpaired) electrons. The van der Waals surface area contributed by atoms with Gasteiger partial charge in [-0.2, -0.15) is 10.2 Å². The fraction of sp³-hybridized carbons (Fsp3) is 0.417. The molecule has 6 heteroatoms. The van der Waals surface area contributed by atoms with Crippen LogP contribution in [0.3, 0.4) is 0 Å². The van der Waals surface area contributed by atoms with E-state index in [0.717, 1.165) is 34.0 Å². The van der Waals surface area contributed by atoms with Gasteiger partial charge in [0.05, 0.1) is 7.11 Å². The van der Waals surface area contributed by atoms with E-state index in [1.807, 2.05) is 30.2 Å². The minimum Gasteiger partial charge on any atom is -0.494 e. The summed E-state index contributed by atoms with van der Waals surface area (Å²) in [5, 5.41) is 10.9. The van der Waals surface area contributed by atoms with E-state index in [1.165, 1.54) is 5.56 Å². The summed E-state index contributed by atoms with van der Waals surface area (Å²) in [6.45, 7) is 9.27. The van der Waals surface area contributed by atoms with Crippen LogP contribution in [0.1, 0.15) is 51.2 Å². The summed E-state index contributed by atoms with van der Waals surface area (Å²) in [6, 6.07) is 7.89. The van der Waals surface area contributed by atoms with E-state index in [4.69, 9.17) is 4.74 Å². The van der Waals surface area contributed by atoms with E-state index in [0.29, 0.717) is 12.1 Å². The number of halogens is 1. The Morgan fingerprint density at radius 1 is 1.03 bits per heavy atom. The predicted octanol–water partition coefficient (Wildman–Crippen LogP) is 5.56. The number of benzene rings is 2. The molecule has 4 rings (SSSR count). The van der Waals surface area contributed by atoms with Crippen LogP contribution in [0, 0.1) is 5.82 Å². The molecule has 0 saturated heterocycles. The van der Waals surface area contributed by atoms with Gasteiger partial charge in [0, 0.05) is 36.8 Å². The third kappa shape index (κ3) is 3.66. The maximum Gasteiger partial charge on any atom is 0.151 e. The minimum absolute atomic E-state index is 0.114. The lowest BCUT2D eigenvalue weighted by atomic mass is 9.81. The molecule has 2 aromatic carbocycles. The summed E-state index contributed by atoms with van der Waals surface area (Å²) in [5.74, 6) is 0.814. The van der Waals surface area contributed by atoms with Crippen molar-refractivity contribution in [3.05, 3.63) is 53.6 Å². The van der Waals surface area contributed by atoms with Gasteiger partial charge in [-0.05, 0) is 53.1 Å². The molecule has 4 aromatic rings. The molecule has 0 bridgehead atoms. The molecule has 158 valence electrons. The Hall–Kier alpha value is -2.89. The molecule has 0 aliphatic carbocycles.